The zero-order valence-corrected chi connectivity index (χ0v) is 16.0. The zero-order valence-electron chi connectivity index (χ0n) is 16.0. The van der Waals surface area contributed by atoms with E-state index in [4.69, 9.17) is 4.74 Å². The van der Waals surface area contributed by atoms with Crippen molar-refractivity contribution in [3.63, 3.8) is 0 Å². The monoisotopic (exact) mass is 339 g/mol. The van der Waals surface area contributed by atoms with Crippen LogP contribution in [0.3, 0.4) is 0 Å². The summed E-state index contributed by atoms with van der Waals surface area (Å²) in [4.78, 5) is 12.7. The number of carbonyl (C=O) groups excluding carboxylic acids is 1. The topological polar surface area (TPSA) is 74.5 Å². The van der Waals surface area contributed by atoms with Crippen LogP contribution in [0.25, 0.3) is 0 Å². The first-order chi connectivity index (χ1) is 10.9. The highest BCUT2D eigenvalue weighted by atomic mass is 16.5. The van der Waals surface area contributed by atoms with Gasteiger partial charge in [-0.3, -0.25) is 9.80 Å². The first kappa shape index (κ1) is 22.5. The van der Waals surface area contributed by atoms with E-state index in [1.807, 2.05) is 13.8 Å². The number of aliphatic hydroxyl groups is 1. The summed E-state index contributed by atoms with van der Waals surface area (Å²) in [6.07, 6.45) is 3.98. The number of ketones is 1. The quantitative estimate of drug-likeness (QED) is 0.432. The van der Waals surface area contributed by atoms with Crippen LogP contribution in [0.5, 0.6) is 0 Å². The lowest BCUT2D eigenvalue weighted by Gasteiger charge is -2.30. The van der Waals surface area contributed by atoms with Crippen molar-refractivity contribution in [3.05, 3.63) is 25.6 Å². The Morgan fingerprint density at radius 2 is 1.88 bits per heavy atom. The molecule has 0 aliphatic rings. The van der Waals surface area contributed by atoms with Crippen LogP contribution >= 0.6 is 0 Å². The molecule has 0 heterocycles. The van der Waals surface area contributed by atoms with E-state index in [2.05, 4.69) is 23.5 Å². The average Bonchev–Trinajstić information content (AvgIpc) is 2.45. The van der Waals surface area contributed by atoms with Crippen molar-refractivity contribution >= 4 is 5.78 Å². The summed E-state index contributed by atoms with van der Waals surface area (Å²) in [6, 6.07) is -0.0303. The Morgan fingerprint density at radius 1 is 1.29 bits per heavy atom. The maximum absolute atomic E-state index is 12.7. The molecule has 0 saturated heterocycles. The molecule has 0 saturated carbocycles. The fourth-order valence-electron chi connectivity index (χ4n) is 2.35. The second-order valence-electron chi connectivity index (χ2n) is 7.22. The molecule has 2 unspecified atom stereocenters. The van der Waals surface area contributed by atoms with Crippen LogP contribution in [0.4, 0.5) is 0 Å². The molecule has 0 aliphatic carbocycles. The Bertz CT molecular complexity index is 453. The summed E-state index contributed by atoms with van der Waals surface area (Å²) in [5.41, 5.74) is -1.70. The molecule has 0 aromatic rings. The maximum Gasteiger partial charge on any atom is 0.166 e. The largest absolute Gasteiger partial charge is 0.390 e. The van der Waals surface area contributed by atoms with Crippen molar-refractivity contribution in [2.75, 3.05) is 6.61 Å². The molecule has 1 N–H and O–H groups in total. The lowest BCUT2D eigenvalue weighted by Crippen LogP contribution is -2.41. The van der Waals surface area contributed by atoms with Crippen molar-refractivity contribution in [3.8, 4) is 0 Å². The van der Waals surface area contributed by atoms with Gasteiger partial charge in [0.1, 0.15) is 5.60 Å². The maximum atomic E-state index is 12.7. The molecule has 24 heavy (non-hydrogen) atoms. The lowest BCUT2D eigenvalue weighted by molar-refractivity contribution is -0.146. The highest BCUT2D eigenvalue weighted by Crippen LogP contribution is 2.23. The van der Waals surface area contributed by atoms with Gasteiger partial charge in [-0.15, -0.1) is 5.11 Å². The van der Waals surface area contributed by atoms with Crippen molar-refractivity contribution < 1.29 is 14.6 Å². The van der Waals surface area contributed by atoms with E-state index in [1.165, 1.54) is 6.20 Å². The Morgan fingerprint density at radius 3 is 2.33 bits per heavy atom. The van der Waals surface area contributed by atoms with Crippen LogP contribution in [0, 0.1) is 5.92 Å². The standard InChI is InChI=1S/C18H33N3O3/c1-9-19-20-21(10-2)15(4)13-14(3)16(22)18(7,8)24-12-11-17(5,6)23/h9-10,14-15,23H,1-2,11-13H2,3-8H3. The first-order valence-electron chi connectivity index (χ1n) is 8.28. The molecule has 2 atom stereocenters. The number of nitrogens with zero attached hydrogens (tertiary/aromatic N) is 3. The van der Waals surface area contributed by atoms with Gasteiger partial charge in [0.2, 0.25) is 0 Å². The lowest BCUT2D eigenvalue weighted by atomic mass is 9.88. The second kappa shape index (κ2) is 9.69. The second-order valence-corrected chi connectivity index (χ2v) is 7.22. The first-order valence-corrected chi connectivity index (χ1v) is 8.28. The molecule has 0 aromatic carbocycles. The Labute approximate surface area is 146 Å². The molecule has 6 nitrogen and oxygen atoms in total. The van der Waals surface area contributed by atoms with E-state index >= 15 is 0 Å². The van der Waals surface area contributed by atoms with Gasteiger partial charge < -0.3 is 9.84 Å². The van der Waals surface area contributed by atoms with Gasteiger partial charge in [-0.1, -0.05) is 25.3 Å². The van der Waals surface area contributed by atoms with E-state index in [9.17, 15) is 9.90 Å². The normalized spacial score (nSPS) is 15.1. The third-order valence-corrected chi connectivity index (χ3v) is 3.79. The van der Waals surface area contributed by atoms with E-state index in [-0.39, 0.29) is 17.7 Å². The average molecular weight is 339 g/mol. The summed E-state index contributed by atoms with van der Waals surface area (Å²) in [5, 5.41) is 19.0. The van der Waals surface area contributed by atoms with Crippen LogP contribution in [-0.2, 0) is 9.53 Å². The third-order valence-electron chi connectivity index (χ3n) is 3.79. The van der Waals surface area contributed by atoms with Gasteiger partial charge in [-0.2, -0.15) is 0 Å². The molecular weight excluding hydrogens is 306 g/mol. The van der Waals surface area contributed by atoms with Gasteiger partial charge in [0.15, 0.2) is 5.78 Å². The number of Topliss-reactive ketones (excluding diaryl/α,β-unsaturated/α-hetero) is 1. The van der Waals surface area contributed by atoms with E-state index in [0.29, 0.717) is 19.4 Å². The summed E-state index contributed by atoms with van der Waals surface area (Å²) in [5.74, 6) is -0.187. The summed E-state index contributed by atoms with van der Waals surface area (Å²) >= 11 is 0. The van der Waals surface area contributed by atoms with Crippen molar-refractivity contribution in [2.45, 2.75) is 71.6 Å². The molecule has 0 spiro atoms. The smallest absolute Gasteiger partial charge is 0.166 e. The van der Waals surface area contributed by atoms with Crippen LogP contribution in [0.1, 0.15) is 54.4 Å². The number of hydrogen-bond acceptors (Lipinski definition) is 5. The fourth-order valence-corrected chi connectivity index (χ4v) is 2.35. The van der Waals surface area contributed by atoms with Gasteiger partial charge in [0.05, 0.1) is 18.2 Å². The minimum atomic E-state index is -0.897. The molecule has 0 bridgehead atoms. The van der Waals surface area contributed by atoms with Crippen LogP contribution in [-0.4, -0.2) is 39.7 Å². The SMILES string of the molecule is C=CN=NN(C=C)C(C)CC(C)C(=O)C(C)(C)OCCC(C)(C)O. The molecule has 0 radical (unpaired) electrons. The van der Waals surface area contributed by atoms with Crippen LogP contribution in [0.15, 0.2) is 35.9 Å². The summed E-state index contributed by atoms with van der Waals surface area (Å²) < 4.78 is 5.72. The number of hydrogen-bond donors (Lipinski definition) is 1. The number of ether oxygens (including phenoxy) is 1. The Balaban J connectivity index is 4.69. The zero-order chi connectivity index (χ0) is 19.0. The molecule has 0 fully saturated rings. The molecule has 138 valence electrons. The fraction of sp³-hybridized carbons (Fsp3) is 0.722. The predicted molar refractivity (Wildman–Crippen MR) is 96.3 cm³/mol. The predicted octanol–water partition coefficient (Wildman–Crippen LogP) is 3.88. The summed E-state index contributed by atoms with van der Waals surface area (Å²) in [6.45, 7) is 18.3. The van der Waals surface area contributed by atoms with E-state index < -0.39 is 11.2 Å². The molecule has 0 aromatic heterocycles. The van der Waals surface area contributed by atoms with Crippen LogP contribution in [0.2, 0.25) is 0 Å². The molecule has 0 aliphatic heterocycles. The molecular formula is C18H33N3O3. The number of carbonyl (C=O) groups is 1. The van der Waals surface area contributed by atoms with E-state index in [1.54, 1.807) is 38.9 Å². The molecule has 6 heteroatoms. The third kappa shape index (κ3) is 8.36. The van der Waals surface area contributed by atoms with Gasteiger partial charge >= 0.3 is 0 Å². The van der Waals surface area contributed by atoms with Gasteiger partial charge in [-0.05, 0) is 47.5 Å². The van der Waals surface area contributed by atoms with Crippen molar-refractivity contribution in [1.29, 1.82) is 0 Å². The summed E-state index contributed by atoms with van der Waals surface area (Å²) in [7, 11) is 0. The van der Waals surface area contributed by atoms with Crippen molar-refractivity contribution in [1.82, 2.24) is 5.01 Å². The Kier molecular flexibility index (Phi) is 9.07. The highest BCUT2D eigenvalue weighted by Gasteiger charge is 2.33. The minimum Gasteiger partial charge on any atom is -0.390 e. The molecule has 0 rings (SSSR count). The van der Waals surface area contributed by atoms with Crippen molar-refractivity contribution in [2.24, 2.45) is 16.3 Å². The highest BCUT2D eigenvalue weighted by molar-refractivity contribution is 5.88. The molecule has 0 amide bonds. The van der Waals surface area contributed by atoms with Gasteiger partial charge in [0.25, 0.3) is 0 Å². The van der Waals surface area contributed by atoms with Crippen LogP contribution < -0.4 is 0 Å². The van der Waals surface area contributed by atoms with Gasteiger partial charge in [-0.25, -0.2) is 0 Å². The van der Waals surface area contributed by atoms with Gasteiger partial charge in [0, 0.05) is 18.3 Å². The van der Waals surface area contributed by atoms with E-state index in [0.717, 1.165) is 0 Å². The minimum absolute atomic E-state index is 0.0229. The number of rotatable bonds is 12. The Hall–Kier alpha value is -1.53.